The quantitative estimate of drug-likeness (QED) is 0.752. The van der Waals surface area contributed by atoms with Gasteiger partial charge in [-0.3, -0.25) is 0 Å². The summed E-state index contributed by atoms with van der Waals surface area (Å²) in [6.45, 7) is 0. The van der Waals surface area contributed by atoms with Crippen molar-refractivity contribution in [2.75, 3.05) is 0 Å². The Morgan fingerprint density at radius 1 is 1.12 bits per heavy atom. The van der Waals surface area contributed by atoms with E-state index in [0.29, 0.717) is 11.3 Å². The molecule has 0 heterocycles. The fraction of sp³-hybridized carbons (Fsp3) is 0.429. The van der Waals surface area contributed by atoms with Gasteiger partial charge in [-0.05, 0) is 30.2 Å². The molecule has 0 radical (unpaired) electrons. The van der Waals surface area contributed by atoms with E-state index in [1.54, 1.807) is 11.8 Å². The number of nitrogens with two attached hydrogens (primary N) is 1. The van der Waals surface area contributed by atoms with Crippen LogP contribution >= 0.6 is 11.8 Å². The van der Waals surface area contributed by atoms with E-state index in [9.17, 15) is 0 Å². The lowest BCUT2D eigenvalue weighted by Crippen LogP contribution is -2.34. The fourth-order valence-electron chi connectivity index (χ4n) is 1.96. The molecule has 0 aromatic heterocycles. The Kier molecular flexibility index (Phi) is 4.33. The molecule has 0 bridgehead atoms. The van der Waals surface area contributed by atoms with Crippen LogP contribution in [0.3, 0.4) is 0 Å². The molecule has 1 nitrogen and oxygen atoms in total. The average Bonchev–Trinajstić information content (AvgIpc) is 2.33. The molecule has 2 atom stereocenters. The smallest absolute Gasteiger partial charge is 0.0322 e. The summed E-state index contributed by atoms with van der Waals surface area (Å²) in [6.07, 6.45) is 4.96. The van der Waals surface area contributed by atoms with Crippen LogP contribution < -0.4 is 5.73 Å². The van der Waals surface area contributed by atoms with Gasteiger partial charge >= 0.3 is 0 Å². The molecular weight excluding hydrogens is 214 g/mol. The van der Waals surface area contributed by atoms with Crippen LogP contribution in [-0.4, -0.2) is 11.3 Å². The van der Waals surface area contributed by atoms with Crippen molar-refractivity contribution in [3.05, 3.63) is 35.9 Å². The first kappa shape index (κ1) is 11.6. The standard InChI is InChI=1S/C14H17NS/c15-13-8-4-5-9-14(13)16-11-10-12-6-2-1-3-7-12/h1-3,6-7,13-14H,4-5,8-9,15H2. The Labute approximate surface area is 102 Å². The molecule has 1 saturated carbocycles. The summed E-state index contributed by atoms with van der Waals surface area (Å²) in [7, 11) is 0. The first-order valence-corrected chi connectivity index (χ1v) is 6.71. The molecule has 2 heteroatoms. The molecule has 1 aromatic rings. The van der Waals surface area contributed by atoms with Gasteiger partial charge in [0.1, 0.15) is 0 Å². The summed E-state index contributed by atoms with van der Waals surface area (Å²) >= 11 is 1.71. The summed E-state index contributed by atoms with van der Waals surface area (Å²) in [5, 5.41) is 3.72. The first-order valence-electron chi connectivity index (χ1n) is 5.83. The lowest BCUT2D eigenvalue weighted by atomic mass is 9.96. The fourth-order valence-corrected chi connectivity index (χ4v) is 2.88. The summed E-state index contributed by atoms with van der Waals surface area (Å²) < 4.78 is 0. The zero-order valence-electron chi connectivity index (χ0n) is 9.36. The van der Waals surface area contributed by atoms with Crippen molar-refractivity contribution in [3.8, 4) is 11.2 Å². The number of hydrogen-bond donors (Lipinski definition) is 1. The maximum atomic E-state index is 6.07. The Bertz CT molecular complexity index is 377. The number of rotatable bonds is 1. The lowest BCUT2D eigenvalue weighted by Gasteiger charge is -2.25. The normalized spacial score (nSPS) is 24.6. The third kappa shape index (κ3) is 3.30. The van der Waals surface area contributed by atoms with Crippen LogP contribution in [0.4, 0.5) is 0 Å². The molecule has 2 unspecified atom stereocenters. The number of benzene rings is 1. The van der Waals surface area contributed by atoms with Gasteiger partial charge in [-0.15, -0.1) is 0 Å². The molecule has 84 valence electrons. The molecule has 2 N–H and O–H groups in total. The number of thioether (sulfide) groups is 1. The molecule has 16 heavy (non-hydrogen) atoms. The van der Waals surface area contributed by atoms with E-state index in [4.69, 9.17) is 5.73 Å². The highest BCUT2D eigenvalue weighted by atomic mass is 32.2. The third-order valence-corrected chi connectivity index (χ3v) is 4.04. The van der Waals surface area contributed by atoms with Gasteiger partial charge in [-0.1, -0.05) is 48.7 Å². The Morgan fingerprint density at radius 3 is 2.62 bits per heavy atom. The van der Waals surface area contributed by atoms with Crippen molar-refractivity contribution in [2.45, 2.75) is 37.0 Å². The lowest BCUT2D eigenvalue weighted by molar-refractivity contribution is 0.454. The first-order chi connectivity index (χ1) is 7.86. The van der Waals surface area contributed by atoms with Crippen molar-refractivity contribution < 1.29 is 0 Å². The minimum Gasteiger partial charge on any atom is -0.327 e. The van der Waals surface area contributed by atoms with Crippen molar-refractivity contribution in [1.29, 1.82) is 0 Å². The van der Waals surface area contributed by atoms with E-state index >= 15 is 0 Å². The molecule has 1 aliphatic rings. The third-order valence-electron chi connectivity index (χ3n) is 2.93. The van der Waals surface area contributed by atoms with Gasteiger partial charge in [0.05, 0.1) is 0 Å². The van der Waals surface area contributed by atoms with Gasteiger partial charge in [0.2, 0.25) is 0 Å². The highest BCUT2D eigenvalue weighted by molar-refractivity contribution is 8.04. The Balaban J connectivity index is 1.89. The molecule has 0 aliphatic heterocycles. The van der Waals surface area contributed by atoms with E-state index in [0.717, 1.165) is 12.0 Å². The molecule has 0 amide bonds. The van der Waals surface area contributed by atoms with Crippen LogP contribution in [0.15, 0.2) is 30.3 Å². The van der Waals surface area contributed by atoms with Crippen LogP contribution in [0.2, 0.25) is 0 Å². The highest BCUT2D eigenvalue weighted by Crippen LogP contribution is 2.26. The predicted octanol–water partition coefficient (Wildman–Crippen LogP) is 3.00. The van der Waals surface area contributed by atoms with Gasteiger partial charge < -0.3 is 5.73 Å². The molecule has 1 fully saturated rings. The molecule has 0 saturated heterocycles. The van der Waals surface area contributed by atoms with Crippen LogP contribution in [0.5, 0.6) is 0 Å². The summed E-state index contributed by atoms with van der Waals surface area (Å²) in [6, 6.07) is 10.4. The minimum absolute atomic E-state index is 0.337. The van der Waals surface area contributed by atoms with Crippen molar-refractivity contribution in [1.82, 2.24) is 0 Å². The topological polar surface area (TPSA) is 26.0 Å². The molecule has 0 spiro atoms. The molecule has 1 aromatic carbocycles. The van der Waals surface area contributed by atoms with Gasteiger partial charge in [0.15, 0.2) is 0 Å². The zero-order chi connectivity index (χ0) is 11.2. The second-order valence-corrected chi connectivity index (χ2v) is 5.24. The molecular formula is C14H17NS. The minimum atomic E-state index is 0.337. The maximum Gasteiger partial charge on any atom is 0.0322 e. The monoisotopic (exact) mass is 231 g/mol. The predicted molar refractivity (Wildman–Crippen MR) is 71.1 cm³/mol. The second kappa shape index (κ2) is 5.98. The zero-order valence-corrected chi connectivity index (χ0v) is 10.2. The SMILES string of the molecule is NC1CCCCC1SC#Cc1ccccc1. The summed E-state index contributed by atoms with van der Waals surface area (Å²) in [5.41, 5.74) is 7.15. The van der Waals surface area contributed by atoms with Crippen LogP contribution in [-0.2, 0) is 0 Å². The van der Waals surface area contributed by atoms with E-state index in [1.807, 2.05) is 30.3 Å². The van der Waals surface area contributed by atoms with Crippen LogP contribution in [0.25, 0.3) is 0 Å². The molecule has 2 rings (SSSR count). The maximum absolute atomic E-state index is 6.07. The van der Waals surface area contributed by atoms with Crippen molar-refractivity contribution in [2.24, 2.45) is 5.73 Å². The Hall–Kier alpha value is -0.910. The van der Waals surface area contributed by atoms with Gasteiger partial charge in [0, 0.05) is 16.9 Å². The van der Waals surface area contributed by atoms with Gasteiger partial charge in [-0.25, -0.2) is 0 Å². The van der Waals surface area contributed by atoms with E-state index in [2.05, 4.69) is 11.2 Å². The van der Waals surface area contributed by atoms with E-state index in [1.165, 1.54) is 19.3 Å². The van der Waals surface area contributed by atoms with Gasteiger partial charge in [-0.2, -0.15) is 0 Å². The van der Waals surface area contributed by atoms with Crippen LogP contribution in [0.1, 0.15) is 31.2 Å². The van der Waals surface area contributed by atoms with Crippen LogP contribution in [0, 0.1) is 11.2 Å². The van der Waals surface area contributed by atoms with Crippen molar-refractivity contribution in [3.63, 3.8) is 0 Å². The largest absolute Gasteiger partial charge is 0.327 e. The molecule has 1 aliphatic carbocycles. The van der Waals surface area contributed by atoms with E-state index in [-0.39, 0.29) is 0 Å². The summed E-state index contributed by atoms with van der Waals surface area (Å²) in [5.74, 6) is 3.17. The average molecular weight is 231 g/mol. The second-order valence-electron chi connectivity index (χ2n) is 4.20. The number of hydrogen-bond acceptors (Lipinski definition) is 2. The summed E-state index contributed by atoms with van der Waals surface area (Å²) in [4.78, 5) is 0. The highest BCUT2D eigenvalue weighted by Gasteiger charge is 2.21. The van der Waals surface area contributed by atoms with Crippen molar-refractivity contribution >= 4 is 11.8 Å². The Morgan fingerprint density at radius 2 is 1.88 bits per heavy atom. The van der Waals surface area contributed by atoms with E-state index < -0.39 is 0 Å². The van der Waals surface area contributed by atoms with Gasteiger partial charge in [0.25, 0.3) is 0 Å².